The van der Waals surface area contributed by atoms with Crippen LogP contribution < -0.4 is 20.4 Å². The van der Waals surface area contributed by atoms with Gasteiger partial charge in [-0.05, 0) is 38.0 Å². The average molecular weight is 451 g/mol. The van der Waals surface area contributed by atoms with E-state index in [2.05, 4.69) is 15.2 Å². The molecule has 7 nitrogen and oxygen atoms in total. The topological polar surface area (TPSA) is 83.2 Å². The number of ether oxygens (including phenoxy) is 1. The summed E-state index contributed by atoms with van der Waals surface area (Å²) in [4.78, 5) is 19.5. The highest BCUT2D eigenvalue weighted by atomic mass is 19.2. The molecule has 0 spiro atoms. The van der Waals surface area contributed by atoms with E-state index in [9.17, 15) is 13.6 Å². The molecule has 0 amide bonds. The highest BCUT2D eigenvalue weighted by Crippen LogP contribution is 2.35. The smallest absolute Gasteiger partial charge is 0.202 e. The van der Waals surface area contributed by atoms with E-state index < -0.39 is 11.6 Å². The Morgan fingerprint density at radius 1 is 1.36 bits per heavy atom. The maximum absolute atomic E-state index is 14.3. The van der Waals surface area contributed by atoms with Crippen molar-refractivity contribution in [3.63, 3.8) is 0 Å². The van der Waals surface area contributed by atoms with Gasteiger partial charge in [-0.25, -0.2) is 9.37 Å². The van der Waals surface area contributed by atoms with Crippen molar-refractivity contribution >= 4 is 16.6 Å². The molecular weight excluding hydrogens is 428 g/mol. The van der Waals surface area contributed by atoms with Gasteiger partial charge >= 0.3 is 0 Å². The summed E-state index contributed by atoms with van der Waals surface area (Å²) in [7, 11) is 0. The lowest BCUT2D eigenvalue weighted by Crippen LogP contribution is -2.46. The van der Waals surface area contributed by atoms with Gasteiger partial charge in [0.2, 0.25) is 5.82 Å². The van der Waals surface area contributed by atoms with Crippen LogP contribution in [0, 0.1) is 23.0 Å². The number of hydrogen-bond donors (Lipinski definition) is 1. The van der Waals surface area contributed by atoms with Crippen molar-refractivity contribution in [3.8, 4) is 11.8 Å². The standard InChI is InChI=1S/C24H23F2N5O2/c1-14-13-33-24-21(26)20(25)7-19-22(24)31(14)11-15(23(19)32)9-28-17-3-2-6-30(12-17)18-5-4-16(8-27)29-10-18/h4-5,7,10-11,14,17,28H,2-3,6,9,12-13H2,1H3/t14?,17-/m0/s1. The molecule has 4 heterocycles. The van der Waals surface area contributed by atoms with Gasteiger partial charge in [-0.3, -0.25) is 4.79 Å². The number of nitrogens with zero attached hydrogens (tertiary/aromatic N) is 4. The molecule has 1 aromatic carbocycles. The van der Waals surface area contributed by atoms with E-state index in [1.807, 2.05) is 23.6 Å². The zero-order valence-electron chi connectivity index (χ0n) is 18.1. The number of aromatic nitrogens is 2. The monoisotopic (exact) mass is 451 g/mol. The van der Waals surface area contributed by atoms with E-state index in [-0.39, 0.29) is 35.3 Å². The van der Waals surface area contributed by atoms with Gasteiger partial charge in [0.25, 0.3) is 0 Å². The number of hydrogen-bond acceptors (Lipinski definition) is 6. The molecule has 2 atom stereocenters. The zero-order valence-corrected chi connectivity index (χ0v) is 18.1. The molecule has 3 aromatic rings. The molecule has 0 saturated carbocycles. The van der Waals surface area contributed by atoms with Crippen molar-refractivity contribution in [1.29, 1.82) is 5.26 Å². The number of rotatable bonds is 4. The van der Waals surface area contributed by atoms with Crippen molar-refractivity contribution in [2.75, 3.05) is 24.6 Å². The van der Waals surface area contributed by atoms with E-state index in [0.717, 1.165) is 37.7 Å². The molecule has 1 saturated heterocycles. The fourth-order valence-electron chi connectivity index (χ4n) is 4.65. The van der Waals surface area contributed by atoms with Crippen LogP contribution in [-0.2, 0) is 6.54 Å². The first kappa shape index (κ1) is 21.3. The minimum atomic E-state index is -1.08. The first-order chi connectivity index (χ1) is 16.0. The Morgan fingerprint density at radius 3 is 2.97 bits per heavy atom. The van der Waals surface area contributed by atoms with Gasteiger partial charge in [-0.15, -0.1) is 0 Å². The predicted octanol–water partition coefficient (Wildman–Crippen LogP) is 3.26. The molecule has 1 unspecified atom stereocenters. The third kappa shape index (κ3) is 3.80. The third-order valence-corrected chi connectivity index (χ3v) is 6.41. The maximum atomic E-state index is 14.3. The van der Waals surface area contributed by atoms with Crippen LogP contribution in [0.1, 0.15) is 37.1 Å². The Morgan fingerprint density at radius 2 is 2.21 bits per heavy atom. The van der Waals surface area contributed by atoms with Crippen molar-refractivity contribution in [1.82, 2.24) is 14.9 Å². The van der Waals surface area contributed by atoms with Crippen LogP contribution in [0.2, 0.25) is 0 Å². The SMILES string of the molecule is CC1COc2c(F)c(F)cc3c(=O)c(CN[C@H]4CCCN(c5ccc(C#N)nc5)C4)cn1c23. The van der Waals surface area contributed by atoms with Gasteiger partial charge in [0.1, 0.15) is 18.4 Å². The molecule has 0 bridgehead atoms. The Hall–Kier alpha value is -3.51. The van der Waals surface area contributed by atoms with Crippen LogP contribution in [0.3, 0.4) is 0 Å². The summed E-state index contributed by atoms with van der Waals surface area (Å²) in [6.07, 6.45) is 5.37. The highest BCUT2D eigenvalue weighted by Gasteiger charge is 2.27. The molecule has 9 heteroatoms. The largest absolute Gasteiger partial charge is 0.486 e. The summed E-state index contributed by atoms with van der Waals surface area (Å²) < 4.78 is 35.6. The van der Waals surface area contributed by atoms with E-state index in [1.54, 1.807) is 18.5 Å². The van der Waals surface area contributed by atoms with Gasteiger partial charge < -0.3 is 19.5 Å². The molecular formula is C24H23F2N5O2. The fourth-order valence-corrected chi connectivity index (χ4v) is 4.65. The highest BCUT2D eigenvalue weighted by molar-refractivity contribution is 5.86. The van der Waals surface area contributed by atoms with E-state index >= 15 is 0 Å². The lowest BCUT2D eigenvalue weighted by molar-refractivity contribution is 0.233. The second-order valence-corrected chi connectivity index (χ2v) is 8.63. The van der Waals surface area contributed by atoms with E-state index in [0.29, 0.717) is 23.3 Å². The van der Waals surface area contributed by atoms with Gasteiger partial charge in [0, 0.05) is 37.4 Å². The van der Waals surface area contributed by atoms with Gasteiger partial charge in [-0.2, -0.15) is 9.65 Å². The van der Waals surface area contributed by atoms with Crippen LogP contribution in [0.25, 0.3) is 10.9 Å². The number of halogens is 2. The molecule has 1 fully saturated rings. The summed E-state index contributed by atoms with van der Waals surface area (Å²) in [5.74, 6) is -2.34. The first-order valence-electron chi connectivity index (χ1n) is 11.0. The van der Waals surface area contributed by atoms with Crippen molar-refractivity contribution in [2.45, 2.75) is 38.4 Å². The minimum absolute atomic E-state index is 0.113. The molecule has 170 valence electrons. The lowest BCUT2D eigenvalue weighted by Gasteiger charge is -2.35. The molecule has 2 aliphatic heterocycles. The Labute approximate surface area is 189 Å². The number of pyridine rings is 2. The van der Waals surface area contributed by atoms with E-state index in [4.69, 9.17) is 10.00 Å². The molecule has 2 aromatic heterocycles. The summed E-state index contributed by atoms with van der Waals surface area (Å²) >= 11 is 0. The summed E-state index contributed by atoms with van der Waals surface area (Å²) in [5, 5.41) is 12.5. The Balaban J connectivity index is 1.38. The lowest BCUT2D eigenvalue weighted by atomic mass is 10.0. The fraction of sp³-hybridized carbons (Fsp3) is 0.375. The van der Waals surface area contributed by atoms with Crippen molar-refractivity contribution < 1.29 is 13.5 Å². The summed E-state index contributed by atoms with van der Waals surface area (Å²) in [5.41, 5.74) is 1.82. The van der Waals surface area contributed by atoms with Crippen LogP contribution in [-0.4, -0.2) is 35.3 Å². The van der Waals surface area contributed by atoms with Gasteiger partial charge in [-0.1, -0.05) is 0 Å². The quantitative estimate of drug-likeness (QED) is 0.656. The molecule has 33 heavy (non-hydrogen) atoms. The molecule has 5 rings (SSSR count). The predicted molar refractivity (Wildman–Crippen MR) is 119 cm³/mol. The van der Waals surface area contributed by atoms with Crippen LogP contribution in [0.5, 0.6) is 5.75 Å². The van der Waals surface area contributed by atoms with Crippen molar-refractivity contribution in [2.24, 2.45) is 0 Å². The second kappa shape index (κ2) is 8.45. The van der Waals surface area contributed by atoms with Gasteiger partial charge in [0.05, 0.1) is 28.8 Å². The number of anilines is 1. The number of benzene rings is 1. The normalized spacial score (nSPS) is 19.9. The number of piperidine rings is 1. The van der Waals surface area contributed by atoms with Crippen molar-refractivity contribution in [3.05, 3.63) is 63.7 Å². The Bertz CT molecular complexity index is 1320. The Kier molecular flexibility index (Phi) is 5.46. The molecule has 0 radical (unpaired) electrons. The average Bonchev–Trinajstić information content (AvgIpc) is 2.84. The zero-order chi connectivity index (χ0) is 23.1. The summed E-state index contributed by atoms with van der Waals surface area (Å²) in [6, 6.07) is 6.62. The third-order valence-electron chi connectivity index (χ3n) is 6.41. The number of nitrogens with one attached hydrogen (secondary N) is 1. The van der Waals surface area contributed by atoms with Crippen LogP contribution in [0.15, 0.2) is 35.4 Å². The van der Waals surface area contributed by atoms with Crippen LogP contribution >= 0.6 is 0 Å². The summed E-state index contributed by atoms with van der Waals surface area (Å²) in [6.45, 7) is 4.06. The van der Waals surface area contributed by atoms with E-state index in [1.165, 1.54) is 0 Å². The minimum Gasteiger partial charge on any atom is -0.486 e. The molecule has 2 aliphatic rings. The van der Waals surface area contributed by atoms with Gasteiger partial charge in [0.15, 0.2) is 17.0 Å². The second-order valence-electron chi connectivity index (χ2n) is 8.63. The molecule has 1 N–H and O–H groups in total. The van der Waals surface area contributed by atoms with Crippen LogP contribution in [0.4, 0.5) is 14.5 Å². The maximum Gasteiger partial charge on any atom is 0.202 e. The molecule has 0 aliphatic carbocycles. The first-order valence-corrected chi connectivity index (χ1v) is 11.0. The number of nitriles is 1.